The van der Waals surface area contributed by atoms with E-state index in [0.29, 0.717) is 12.8 Å². The highest BCUT2D eigenvalue weighted by atomic mass is 127. The molecule has 1 aromatic carbocycles. The van der Waals surface area contributed by atoms with Crippen LogP contribution in [0.4, 0.5) is 5.69 Å². The Labute approximate surface area is 126 Å². The second kappa shape index (κ2) is 5.86. The van der Waals surface area contributed by atoms with Crippen molar-refractivity contribution in [2.75, 3.05) is 5.32 Å². The molecule has 1 N–H and O–H groups in total. The summed E-state index contributed by atoms with van der Waals surface area (Å²) in [6.07, 6.45) is 1.88. The van der Waals surface area contributed by atoms with Crippen molar-refractivity contribution in [2.24, 2.45) is 0 Å². The smallest absolute Gasteiger partial charge is 0.162 e. The molecule has 2 rings (SSSR count). The van der Waals surface area contributed by atoms with Gasteiger partial charge in [-0.2, -0.15) is 0 Å². The van der Waals surface area contributed by atoms with Gasteiger partial charge in [0.15, 0.2) is 11.6 Å². The first-order valence-corrected chi connectivity index (χ1v) is 7.43. The molecular weight excluding hydrogens is 353 g/mol. The van der Waals surface area contributed by atoms with E-state index in [-0.39, 0.29) is 11.6 Å². The average molecular weight is 369 g/mol. The van der Waals surface area contributed by atoms with Crippen LogP contribution in [0.1, 0.15) is 43.5 Å². The normalized spacial score (nSPS) is 15.0. The SMILES string of the molecule is CCC(=O)c1ccc(NC2=C(C)C(=O)CC2)c(I)c1. The maximum absolute atomic E-state index is 11.6. The number of halogens is 1. The fourth-order valence-electron chi connectivity index (χ4n) is 2.09. The van der Waals surface area contributed by atoms with Gasteiger partial charge in [0, 0.05) is 33.2 Å². The summed E-state index contributed by atoms with van der Waals surface area (Å²) >= 11 is 2.21. The van der Waals surface area contributed by atoms with Crippen molar-refractivity contribution in [3.63, 3.8) is 0 Å². The monoisotopic (exact) mass is 369 g/mol. The summed E-state index contributed by atoms with van der Waals surface area (Å²) in [5, 5.41) is 3.31. The minimum absolute atomic E-state index is 0.149. The number of anilines is 1. The lowest BCUT2D eigenvalue weighted by atomic mass is 10.1. The third-order valence-corrected chi connectivity index (χ3v) is 4.26. The summed E-state index contributed by atoms with van der Waals surface area (Å²) < 4.78 is 0.997. The van der Waals surface area contributed by atoms with Crippen LogP contribution < -0.4 is 5.32 Å². The van der Waals surface area contributed by atoms with E-state index in [1.807, 2.05) is 32.0 Å². The Balaban J connectivity index is 2.23. The van der Waals surface area contributed by atoms with E-state index in [1.54, 1.807) is 0 Å². The fourth-order valence-corrected chi connectivity index (χ4v) is 2.74. The molecule has 3 nitrogen and oxygen atoms in total. The van der Waals surface area contributed by atoms with E-state index in [9.17, 15) is 9.59 Å². The molecule has 0 bridgehead atoms. The summed E-state index contributed by atoms with van der Waals surface area (Å²) in [6, 6.07) is 5.64. The van der Waals surface area contributed by atoms with Crippen LogP contribution in [0.15, 0.2) is 29.5 Å². The molecule has 0 radical (unpaired) electrons. The largest absolute Gasteiger partial charge is 0.358 e. The molecule has 0 saturated heterocycles. The minimum Gasteiger partial charge on any atom is -0.358 e. The van der Waals surface area contributed by atoms with Gasteiger partial charge >= 0.3 is 0 Å². The number of nitrogens with one attached hydrogen (secondary N) is 1. The van der Waals surface area contributed by atoms with Crippen molar-refractivity contribution in [3.8, 4) is 0 Å². The maximum atomic E-state index is 11.6. The molecule has 0 fully saturated rings. The van der Waals surface area contributed by atoms with Crippen molar-refractivity contribution >= 4 is 39.8 Å². The van der Waals surface area contributed by atoms with Crippen LogP contribution in [0, 0.1) is 3.57 Å². The second-order valence-corrected chi connectivity index (χ2v) is 5.79. The molecule has 0 amide bonds. The van der Waals surface area contributed by atoms with Crippen molar-refractivity contribution in [2.45, 2.75) is 33.1 Å². The highest BCUT2D eigenvalue weighted by molar-refractivity contribution is 14.1. The van der Waals surface area contributed by atoms with Gasteiger partial charge < -0.3 is 5.32 Å². The maximum Gasteiger partial charge on any atom is 0.162 e. The van der Waals surface area contributed by atoms with Crippen LogP contribution in [0.2, 0.25) is 0 Å². The van der Waals surface area contributed by atoms with E-state index < -0.39 is 0 Å². The molecular formula is C15H16INO2. The third kappa shape index (κ3) is 3.05. The number of allylic oxidation sites excluding steroid dienone is 2. The summed E-state index contributed by atoms with van der Waals surface area (Å²) in [5.74, 6) is 0.367. The predicted octanol–water partition coefficient (Wildman–Crippen LogP) is 3.93. The Kier molecular flexibility index (Phi) is 4.39. The van der Waals surface area contributed by atoms with Gasteiger partial charge in [-0.05, 0) is 54.1 Å². The molecule has 19 heavy (non-hydrogen) atoms. The molecule has 4 heteroatoms. The molecule has 0 aromatic heterocycles. The molecule has 0 aliphatic heterocycles. The summed E-state index contributed by atoms with van der Waals surface area (Å²) in [7, 11) is 0. The Morgan fingerprint density at radius 1 is 1.37 bits per heavy atom. The van der Waals surface area contributed by atoms with Gasteiger partial charge in [-0.25, -0.2) is 0 Å². The van der Waals surface area contributed by atoms with E-state index in [4.69, 9.17) is 0 Å². The average Bonchev–Trinajstić information content (AvgIpc) is 2.72. The first kappa shape index (κ1) is 14.2. The lowest BCUT2D eigenvalue weighted by molar-refractivity contribution is -0.114. The zero-order valence-corrected chi connectivity index (χ0v) is 13.2. The topological polar surface area (TPSA) is 46.2 Å². The lowest BCUT2D eigenvalue weighted by Gasteiger charge is -2.11. The zero-order valence-electron chi connectivity index (χ0n) is 11.0. The summed E-state index contributed by atoms with van der Waals surface area (Å²) in [5.41, 5.74) is 3.52. The Bertz CT molecular complexity index is 576. The first-order chi connectivity index (χ1) is 9.02. The standard InChI is InChI=1S/C15H16INO2/c1-3-14(18)10-4-5-13(11(16)8-10)17-12-6-7-15(19)9(12)2/h4-5,8,17H,3,6-7H2,1-2H3. The lowest BCUT2D eigenvalue weighted by Crippen LogP contribution is -2.03. The van der Waals surface area contributed by atoms with Gasteiger partial charge in [0.05, 0.1) is 5.69 Å². The predicted molar refractivity (Wildman–Crippen MR) is 84.3 cm³/mol. The molecule has 0 heterocycles. The molecule has 1 aliphatic carbocycles. The number of carbonyl (C=O) groups excluding carboxylic acids is 2. The third-order valence-electron chi connectivity index (χ3n) is 3.37. The molecule has 1 aromatic rings. The van der Waals surface area contributed by atoms with Crippen molar-refractivity contribution in [3.05, 3.63) is 38.6 Å². The number of ketones is 2. The number of carbonyl (C=O) groups is 2. The zero-order chi connectivity index (χ0) is 14.0. The Hall–Kier alpha value is -1.17. The quantitative estimate of drug-likeness (QED) is 0.646. The van der Waals surface area contributed by atoms with E-state index >= 15 is 0 Å². The molecule has 0 unspecified atom stereocenters. The molecule has 0 atom stereocenters. The van der Waals surface area contributed by atoms with Gasteiger partial charge in [0.25, 0.3) is 0 Å². The van der Waals surface area contributed by atoms with E-state index in [0.717, 1.165) is 32.5 Å². The Morgan fingerprint density at radius 3 is 2.63 bits per heavy atom. The van der Waals surface area contributed by atoms with Crippen molar-refractivity contribution < 1.29 is 9.59 Å². The second-order valence-electron chi connectivity index (χ2n) is 4.62. The number of hydrogen-bond acceptors (Lipinski definition) is 3. The molecule has 0 saturated carbocycles. The van der Waals surface area contributed by atoms with Gasteiger partial charge in [0.2, 0.25) is 0 Å². The van der Waals surface area contributed by atoms with Gasteiger partial charge in [-0.3, -0.25) is 9.59 Å². The van der Waals surface area contributed by atoms with Crippen LogP contribution in [-0.4, -0.2) is 11.6 Å². The van der Waals surface area contributed by atoms with Crippen LogP contribution in [0.25, 0.3) is 0 Å². The van der Waals surface area contributed by atoms with Crippen LogP contribution in [0.3, 0.4) is 0 Å². The number of hydrogen-bond donors (Lipinski definition) is 1. The number of benzene rings is 1. The molecule has 0 spiro atoms. The van der Waals surface area contributed by atoms with Gasteiger partial charge in [-0.1, -0.05) is 6.92 Å². The highest BCUT2D eigenvalue weighted by Gasteiger charge is 2.19. The van der Waals surface area contributed by atoms with Crippen LogP contribution in [0.5, 0.6) is 0 Å². The fraction of sp³-hybridized carbons (Fsp3) is 0.333. The molecule has 1 aliphatic rings. The minimum atomic E-state index is 0.149. The van der Waals surface area contributed by atoms with E-state index in [1.165, 1.54) is 0 Å². The van der Waals surface area contributed by atoms with E-state index in [2.05, 4.69) is 27.9 Å². The summed E-state index contributed by atoms with van der Waals surface area (Å²) in [6.45, 7) is 3.72. The van der Waals surface area contributed by atoms with Gasteiger partial charge in [-0.15, -0.1) is 0 Å². The van der Waals surface area contributed by atoms with Crippen molar-refractivity contribution in [1.82, 2.24) is 0 Å². The summed E-state index contributed by atoms with van der Waals surface area (Å²) in [4.78, 5) is 23.1. The number of rotatable bonds is 4. The molecule has 100 valence electrons. The highest BCUT2D eigenvalue weighted by Crippen LogP contribution is 2.27. The van der Waals surface area contributed by atoms with Crippen LogP contribution in [-0.2, 0) is 4.79 Å². The first-order valence-electron chi connectivity index (χ1n) is 6.35. The number of Topliss-reactive ketones (excluding diaryl/α,β-unsaturated/α-hetero) is 2. The van der Waals surface area contributed by atoms with Crippen LogP contribution >= 0.6 is 22.6 Å². The van der Waals surface area contributed by atoms with Gasteiger partial charge in [0.1, 0.15) is 0 Å². The van der Waals surface area contributed by atoms with Crippen molar-refractivity contribution in [1.29, 1.82) is 0 Å². The Morgan fingerprint density at radius 2 is 2.11 bits per heavy atom.